The molecule has 5 nitrogen and oxygen atoms in total. The molecule has 1 aromatic carbocycles. The largest absolute Gasteiger partial charge is 0.469 e. The lowest BCUT2D eigenvalue weighted by Crippen LogP contribution is -2.40. The van der Waals surface area contributed by atoms with Gasteiger partial charge in [0.15, 0.2) is 5.76 Å². The van der Waals surface area contributed by atoms with Crippen LogP contribution in [0, 0.1) is 11.7 Å². The molecule has 2 aromatic rings. The highest BCUT2D eigenvalue weighted by atomic mass is 19.1. The van der Waals surface area contributed by atoms with Crippen LogP contribution in [-0.4, -0.2) is 37.0 Å². The molecule has 0 radical (unpaired) electrons. The van der Waals surface area contributed by atoms with Crippen LogP contribution >= 0.6 is 0 Å². The minimum atomic E-state index is -0.324. The Kier molecular flexibility index (Phi) is 4.64. The van der Waals surface area contributed by atoms with Crippen LogP contribution in [0.4, 0.5) is 4.39 Å². The van der Waals surface area contributed by atoms with Gasteiger partial charge in [-0.3, -0.25) is 9.59 Å². The molecule has 1 fully saturated rings. The normalized spacial score (nSPS) is 15.3. The van der Waals surface area contributed by atoms with E-state index in [-0.39, 0.29) is 29.4 Å². The first-order chi connectivity index (χ1) is 11.6. The molecule has 24 heavy (non-hydrogen) atoms. The molecule has 1 aliphatic heterocycles. The second kappa shape index (κ2) is 6.86. The Labute approximate surface area is 139 Å². The van der Waals surface area contributed by atoms with Gasteiger partial charge >= 0.3 is 5.97 Å². The van der Waals surface area contributed by atoms with Gasteiger partial charge in [-0.1, -0.05) is 0 Å². The summed E-state index contributed by atoms with van der Waals surface area (Å²) in [5.41, 5.74) is 0.708. The fourth-order valence-electron chi connectivity index (χ4n) is 2.86. The summed E-state index contributed by atoms with van der Waals surface area (Å²) in [6.07, 6.45) is 1.17. The predicted octanol–water partition coefficient (Wildman–Crippen LogP) is 3.11. The number of nitrogens with zero attached hydrogens (tertiary/aromatic N) is 1. The average Bonchev–Trinajstić information content (AvgIpc) is 3.11. The van der Waals surface area contributed by atoms with Crippen LogP contribution in [0.3, 0.4) is 0 Å². The maximum absolute atomic E-state index is 13.0. The lowest BCUT2D eigenvalue weighted by atomic mass is 9.97. The van der Waals surface area contributed by atoms with Crippen LogP contribution < -0.4 is 0 Å². The van der Waals surface area contributed by atoms with E-state index < -0.39 is 0 Å². The molecule has 0 aliphatic carbocycles. The molecular formula is C18H18FNO4. The Balaban J connectivity index is 1.66. The third-order valence-corrected chi connectivity index (χ3v) is 4.26. The summed E-state index contributed by atoms with van der Waals surface area (Å²) in [6.45, 7) is 0.983. The Morgan fingerprint density at radius 1 is 1.12 bits per heavy atom. The van der Waals surface area contributed by atoms with Crippen molar-refractivity contribution in [3.63, 3.8) is 0 Å². The van der Waals surface area contributed by atoms with Crippen LogP contribution in [-0.2, 0) is 9.53 Å². The van der Waals surface area contributed by atoms with Crippen molar-refractivity contribution >= 4 is 11.9 Å². The van der Waals surface area contributed by atoms with E-state index in [0.717, 1.165) is 0 Å². The van der Waals surface area contributed by atoms with Gasteiger partial charge < -0.3 is 14.1 Å². The fraction of sp³-hybridized carbons (Fsp3) is 0.333. The van der Waals surface area contributed by atoms with Crippen LogP contribution in [0.2, 0.25) is 0 Å². The van der Waals surface area contributed by atoms with Gasteiger partial charge in [-0.2, -0.15) is 0 Å². The first kappa shape index (κ1) is 16.2. The van der Waals surface area contributed by atoms with Crippen molar-refractivity contribution in [3.8, 4) is 11.3 Å². The predicted molar refractivity (Wildman–Crippen MR) is 84.7 cm³/mol. The van der Waals surface area contributed by atoms with E-state index in [1.165, 1.54) is 19.2 Å². The lowest BCUT2D eigenvalue weighted by molar-refractivity contribution is -0.146. The van der Waals surface area contributed by atoms with Crippen molar-refractivity contribution in [3.05, 3.63) is 48.0 Å². The molecule has 2 heterocycles. The number of amides is 1. The molecule has 3 rings (SSSR count). The summed E-state index contributed by atoms with van der Waals surface area (Å²) in [4.78, 5) is 25.7. The number of piperidine rings is 1. The Morgan fingerprint density at radius 3 is 2.42 bits per heavy atom. The molecule has 0 atom stereocenters. The summed E-state index contributed by atoms with van der Waals surface area (Å²) < 4.78 is 23.3. The van der Waals surface area contributed by atoms with Crippen molar-refractivity contribution < 1.29 is 23.1 Å². The third kappa shape index (κ3) is 3.32. The molecule has 0 unspecified atom stereocenters. The lowest BCUT2D eigenvalue weighted by Gasteiger charge is -2.30. The maximum atomic E-state index is 13.0. The molecule has 0 bridgehead atoms. The highest BCUT2D eigenvalue weighted by molar-refractivity contribution is 5.92. The zero-order chi connectivity index (χ0) is 17.1. The molecule has 126 valence electrons. The van der Waals surface area contributed by atoms with Crippen molar-refractivity contribution in [2.45, 2.75) is 12.8 Å². The Morgan fingerprint density at radius 2 is 1.79 bits per heavy atom. The molecule has 0 saturated carbocycles. The average molecular weight is 331 g/mol. The summed E-state index contributed by atoms with van der Waals surface area (Å²) in [7, 11) is 1.37. The minimum Gasteiger partial charge on any atom is -0.469 e. The van der Waals surface area contributed by atoms with Gasteiger partial charge in [0.25, 0.3) is 5.91 Å². The quantitative estimate of drug-likeness (QED) is 0.811. The first-order valence-corrected chi connectivity index (χ1v) is 7.81. The van der Waals surface area contributed by atoms with Gasteiger partial charge in [0.1, 0.15) is 11.6 Å². The number of ether oxygens (including phenoxy) is 1. The molecule has 6 heteroatoms. The van der Waals surface area contributed by atoms with E-state index in [9.17, 15) is 14.0 Å². The molecule has 1 aliphatic rings. The van der Waals surface area contributed by atoms with E-state index in [2.05, 4.69) is 0 Å². The first-order valence-electron chi connectivity index (χ1n) is 7.81. The molecular weight excluding hydrogens is 313 g/mol. The fourth-order valence-corrected chi connectivity index (χ4v) is 2.86. The van der Waals surface area contributed by atoms with Gasteiger partial charge in [0.05, 0.1) is 13.0 Å². The number of benzene rings is 1. The van der Waals surface area contributed by atoms with Gasteiger partial charge in [0, 0.05) is 18.7 Å². The number of esters is 1. The smallest absolute Gasteiger partial charge is 0.308 e. The number of carbonyl (C=O) groups excluding carboxylic acids is 2. The Hall–Kier alpha value is -2.63. The number of likely N-dealkylation sites (tertiary alicyclic amines) is 1. The zero-order valence-electron chi connectivity index (χ0n) is 13.3. The summed E-state index contributed by atoms with van der Waals surface area (Å²) >= 11 is 0. The van der Waals surface area contributed by atoms with Crippen LogP contribution in [0.15, 0.2) is 40.8 Å². The third-order valence-electron chi connectivity index (χ3n) is 4.26. The van der Waals surface area contributed by atoms with Crippen molar-refractivity contribution in [2.75, 3.05) is 20.2 Å². The Bertz CT molecular complexity index is 730. The SMILES string of the molecule is COC(=O)C1CCN(C(=O)c2ccc(-c3ccc(F)cc3)o2)CC1. The van der Waals surface area contributed by atoms with E-state index in [1.807, 2.05) is 0 Å². The van der Waals surface area contributed by atoms with E-state index in [1.54, 1.807) is 29.2 Å². The van der Waals surface area contributed by atoms with Crippen molar-refractivity contribution in [2.24, 2.45) is 5.92 Å². The number of methoxy groups -OCH3 is 1. The standard InChI is InChI=1S/C18H18FNO4/c1-23-18(22)13-8-10-20(11-9-13)17(21)16-7-6-15(24-16)12-2-4-14(19)5-3-12/h2-7,13H,8-11H2,1H3. The summed E-state index contributed by atoms with van der Waals surface area (Å²) in [5.74, 6) is -0.139. The molecule has 1 amide bonds. The van der Waals surface area contributed by atoms with Crippen LogP contribution in [0.5, 0.6) is 0 Å². The number of hydrogen-bond acceptors (Lipinski definition) is 4. The maximum Gasteiger partial charge on any atom is 0.308 e. The van der Waals surface area contributed by atoms with Gasteiger partial charge in [0.2, 0.25) is 0 Å². The van der Waals surface area contributed by atoms with Crippen molar-refractivity contribution in [1.82, 2.24) is 4.90 Å². The van der Waals surface area contributed by atoms with Gasteiger partial charge in [-0.15, -0.1) is 0 Å². The molecule has 1 saturated heterocycles. The number of halogens is 1. The summed E-state index contributed by atoms with van der Waals surface area (Å²) in [6, 6.07) is 9.21. The molecule has 0 N–H and O–H groups in total. The number of hydrogen-bond donors (Lipinski definition) is 0. The number of rotatable bonds is 3. The number of furan rings is 1. The second-order valence-corrected chi connectivity index (χ2v) is 5.76. The highest BCUT2D eigenvalue weighted by Crippen LogP contribution is 2.25. The van der Waals surface area contributed by atoms with Gasteiger partial charge in [-0.05, 0) is 49.2 Å². The minimum absolute atomic E-state index is 0.148. The molecule has 0 spiro atoms. The van der Waals surface area contributed by atoms with E-state index in [0.29, 0.717) is 37.3 Å². The topological polar surface area (TPSA) is 59.8 Å². The number of carbonyl (C=O) groups is 2. The van der Waals surface area contributed by atoms with E-state index in [4.69, 9.17) is 9.15 Å². The molecule has 1 aromatic heterocycles. The second-order valence-electron chi connectivity index (χ2n) is 5.76. The van der Waals surface area contributed by atoms with E-state index >= 15 is 0 Å². The van der Waals surface area contributed by atoms with Crippen molar-refractivity contribution in [1.29, 1.82) is 0 Å². The summed E-state index contributed by atoms with van der Waals surface area (Å²) in [5, 5.41) is 0. The van der Waals surface area contributed by atoms with Crippen LogP contribution in [0.1, 0.15) is 23.4 Å². The highest BCUT2D eigenvalue weighted by Gasteiger charge is 2.29. The van der Waals surface area contributed by atoms with Crippen LogP contribution in [0.25, 0.3) is 11.3 Å². The monoisotopic (exact) mass is 331 g/mol. The van der Waals surface area contributed by atoms with Gasteiger partial charge in [-0.25, -0.2) is 4.39 Å². The zero-order valence-corrected chi connectivity index (χ0v) is 13.3.